The summed E-state index contributed by atoms with van der Waals surface area (Å²) in [4.78, 5) is 2.62. The van der Waals surface area contributed by atoms with Crippen molar-refractivity contribution in [1.29, 1.82) is 0 Å². The van der Waals surface area contributed by atoms with Crippen molar-refractivity contribution in [2.45, 2.75) is 84.0 Å². The highest BCUT2D eigenvalue weighted by Gasteiger charge is 2.43. The number of ether oxygens (including phenoxy) is 3. The van der Waals surface area contributed by atoms with Crippen molar-refractivity contribution < 1.29 is 14.2 Å². The highest BCUT2D eigenvalue weighted by molar-refractivity contribution is 5.15. The number of unbranched alkanes of at least 4 members (excludes halogenated alkanes) is 4. The molecule has 4 heteroatoms. The molecule has 39 heavy (non-hydrogen) atoms. The largest absolute Gasteiger partial charge is 0.375 e. The molecule has 210 valence electrons. The average Bonchev–Trinajstić information content (AvgIpc) is 2.98. The molecule has 4 unspecified atom stereocenters. The second-order valence-corrected chi connectivity index (χ2v) is 11.0. The maximum atomic E-state index is 6.78. The lowest BCUT2D eigenvalue weighted by molar-refractivity contribution is -0.176. The van der Waals surface area contributed by atoms with E-state index in [1.807, 2.05) is 0 Å². The zero-order chi connectivity index (χ0) is 27.1. The first-order chi connectivity index (χ1) is 19.2. The molecule has 0 aromatic heterocycles. The summed E-state index contributed by atoms with van der Waals surface area (Å²) in [7, 11) is 0. The van der Waals surface area contributed by atoms with Gasteiger partial charge in [-0.2, -0.15) is 0 Å². The second kappa shape index (κ2) is 16.6. The van der Waals surface area contributed by atoms with E-state index in [0.717, 1.165) is 13.1 Å². The molecule has 4 nitrogen and oxygen atoms in total. The van der Waals surface area contributed by atoms with E-state index in [1.165, 1.54) is 48.8 Å². The van der Waals surface area contributed by atoms with Crippen molar-refractivity contribution in [3.63, 3.8) is 0 Å². The van der Waals surface area contributed by atoms with Crippen LogP contribution in [0.25, 0.3) is 0 Å². The summed E-state index contributed by atoms with van der Waals surface area (Å²) in [5, 5.41) is 0. The van der Waals surface area contributed by atoms with Crippen molar-refractivity contribution in [3.05, 3.63) is 108 Å². The normalized spacial score (nSPS) is 21.7. The topological polar surface area (TPSA) is 30.9 Å². The monoisotopic (exact) mass is 529 g/mol. The standard InChI is InChI=1S/C35H47NO3/c1-3-4-5-6-16-23-36-24-29(2)34(38-26-31-19-12-8-13-20-31)35(39-27-32-21-14-9-15-22-32)33(36)28-37-25-30-17-10-7-11-18-30/h7-15,17-22,29,33-35H,3-6,16,23-28H2,1-2H3. The zero-order valence-corrected chi connectivity index (χ0v) is 23.9. The Hall–Kier alpha value is -2.50. The van der Waals surface area contributed by atoms with Crippen LogP contribution < -0.4 is 0 Å². The Kier molecular flexibility index (Phi) is 12.5. The summed E-state index contributed by atoms with van der Waals surface area (Å²) in [6.45, 7) is 9.07. The number of rotatable bonds is 16. The van der Waals surface area contributed by atoms with E-state index in [-0.39, 0.29) is 18.2 Å². The summed E-state index contributed by atoms with van der Waals surface area (Å²) >= 11 is 0. The highest BCUT2D eigenvalue weighted by atomic mass is 16.5. The first kappa shape index (κ1) is 29.5. The van der Waals surface area contributed by atoms with E-state index in [9.17, 15) is 0 Å². The minimum absolute atomic E-state index is 0.00409. The fourth-order valence-corrected chi connectivity index (χ4v) is 5.61. The smallest absolute Gasteiger partial charge is 0.102 e. The molecule has 0 aliphatic carbocycles. The Balaban J connectivity index is 1.50. The maximum Gasteiger partial charge on any atom is 0.102 e. The summed E-state index contributed by atoms with van der Waals surface area (Å²) in [5.74, 6) is 0.357. The molecule has 0 amide bonds. The lowest BCUT2D eigenvalue weighted by atomic mass is 9.87. The molecule has 4 rings (SSSR count). The SMILES string of the molecule is CCCCCCCN1CC(C)C(OCc2ccccc2)C(OCc2ccccc2)C1COCc1ccccc1. The van der Waals surface area contributed by atoms with Crippen LogP contribution in [0.2, 0.25) is 0 Å². The van der Waals surface area contributed by atoms with E-state index in [4.69, 9.17) is 14.2 Å². The predicted molar refractivity (Wildman–Crippen MR) is 159 cm³/mol. The average molecular weight is 530 g/mol. The van der Waals surface area contributed by atoms with Gasteiger partial charge in [-0.1, -0.05) is 131 Å². The van der Waals surface area contributed by atoms with Crippen molar-refractivity contribution >= 4 is 0 Å². The van der Waals surface area contributed by atoms with Crippen molar-refractivity contribution in [3.8, 4) is 0 Å². The summed E-state index contributed by atoms with van der Waals surface area (Å²) in [6.07, 6.45) is 6.30. The van der Waals surface area contributed by atoms with Gasteiger partial charge in [-0.3, -0.25) is 4.90 Å². The van der Waals surface area contributed by atoms with Gasteiger partial charge in [0.25, 0.3) is 0 Å². The van der Waals surface area contributed by atoms with Crippen LogP contribution in [0.5, 0.6) is 0 Å². The molecule has 3 aromatic rings. The lowest BCUT2D eigenvalue weighted by Crippen LogP contribution is -2.61. The number of benzene rings is 3. The fraction of sp³-hybridized carbons (Fsp3) is 0.486. The van der Waals surface area contributed by atoms with Crippen LogP contribution in [-0.4, -0.2) is 42.8 Å². The van der Waals surface area contributed by atoms with Crippen LogP contribution in [0.4, 0.5) is 0 Å². The van der Waals surface area contributed by atoms with E-state index in [0.29, 0.717) is 32.3 Å². The van der Waals surface area contributed by atoms with Crippen LogP contribution >= 0.6 is 0 Å². The van der Waals surface area contributed by atoms with Gasteiger partial charge in [-0.25, -0.2) is 0 Å². The molecule has 1 heterocycles. The number of nitrogens with zero attached hydrogens (tertiary/aromatic N) is 1. The third kappa shape index (κ3) is 9.58. The van der Waals surface area contributed by atoms with Gasteiger partial charge in [0.2, 0.25) is 0 Å². The molecule has 3 aromatic carbocycles. The molecule has 0 spiro atoms. The van der Waals surface area contributed by atoms with Gasteiger partial charge in [0.15, 0.2) is 0 Å². The van der Waals surface area contributed by atoms with E-state index >= 15 is 0 Å². The maximum absolute atomic E-state index is 6.78. The Labute approximate surface area is 236 Å². The fourth-order valence-electron chi connectivity index (χ4n) is 5.61. The minimum Gasteiger partial charge on any atom is -0.375 e. The predicted octanol–water partition coefficient (Wildman–Crippen LogP) is 7.66. The van der Waals surface area contributed by atoms with Crippen LogP contribution in [0.15, 0.2) is 91.0 Å². The molecule has 1 aliphatic heterocycles. The Bertz CT molecular complexity index is 1030. The molecule has 0 radical (unpaired) electrons. The number of hydrogen-bond donors (Lipinski definition) is 0. The Morgan fingerprint density at radius 1 is 0.641 bits per heavy atom. The quantitative estimate of drug-likeness (QED) is 0.178. The van der Waals surface area contributed by atoms with Crippen LogP contribution in [-0.2, 0) is 34.0 Å². The summed E-state index contributed by atoms with van der Waals surface area (Å²) in [5.41, 5.74) is 3.58. The zero-order valence-electron chi connectivity index (χ0n) is 23.9. The highest BCUT2D eigenvalue weighted by Crippen LogP contribution is 2.30. The van der Waals surface area contributed by atoms with Crippen LogP contribution in [0.1, 0.15) is 62.6 Å². The van der Waals surface area contributed by atoms with Gasteiger partial charge in [-0.15, -0.1) is 0 Å². The first-order valence-electron chi connectivity index (χ1n) is 14.9. The third-order valence-corrected chi connectivity index (χ3v) is 7.77. The molecule has 0 saturated carbocycles. The van der Waals surface area contributed by atoms with Gasteiger partial charge < -0.3 is 14.2 Å². The van der Waals surface area contributed by atoms with Crippen molar-refractivity contribution in [2.24, 2.45) is 5.92 Å². The third-order valence-electron chi connectivity index (χ3n) is 7.77. The second-order valence-electron chi connectivity index (χ2n) is 11.0. The van der Waals surface area contributed by atoms with Gasteiger partial charge >= 0.3 is 0 Å². The number of hydrogen-bond acceptors (Lipinski definition) is 4. The number of piperidine rings is 1. The van der Waals surface area contributed by atoms with E-state index in [2.05, 4.69) is 110 Å². The molecular weight excluding hydrogens is 482 g/mol. The van der Waals surface area contributed by atoms with Crippen molar-refractivity contribution in [1.82, 2.24) is 4.90 Å². The van der Waals surface area contributed by atoms with E-state index < -0.39 is 0 Å². The summed E-state index contributed by atoms with van der Waals surface area (Å²) < 4.78 is 19.8. The molecule has 1 aliphatic rings. The molecule has 1 saturated heterocycles. The molecule has 0 bridgehead atoms. The molecule has 4 atom stereocenters. The van der Waals surface area contributed by atoms with Gasteiger partial charge in [-0.05, 0) is 35.6 Å². The Morgan fingerprint density at radius 2 is 1.15 bits per heavy atom. The van der Waals surface area contributed by atoms with Crippen LogP contribution in [0, 0.1) is 5.92 Å². The number of likely N-dealkylation sites (tertiary alicyclic amines) is 1. The van der Waals surface area contributed by atoms with Crippen molar-refractivity contribution in [2.75, 3.05) is 19.7 Å². The lowest BCUT2D eigenvalue weighted by Gasteiger charge is -2.48. The van der Waals surface area contributed by atoms with Gasteiger partial charge in [0.1, 0.15) is 6.10 Å². The summed E-state index contributed by atoms with van der Waals surface area (Å²) in [6, 6.07) is 31.6. The molecule has 0 N–H and O–H groups in total. The first-order valence-corrected chi connectivity index (χ1v) is 14.9. The van der Waals surface area contributed by atoms with E-state index in [1.54, 1.807) is 0 Å². The van der Waals surface area contributed by atoms with Gasteiger partial charge in [0.05, 0.1) is 38.6 Å². The van der Waals surface area contributed by atoms with Crippen LogP contribution in [0.3, 0.4) is 0 Å². The molecule has 1 fully saturated rings. The minimum atomic E-state index is -0.0796. The Morgan fingerprint density at radius 3 is 1.72 bits per heavy atom. The molecular formula is C35H47NO3. The van der Waals surface area contributed by atoms with Gasteiger partial charge in [0, 0.05) is 6.54 Å².